The van der Waals surface area contributed by atoms with E-state index in [1.807, 2.05) is 27.7 Å². The molecule has 0 aliphatic carbocycles. The molecular weight excluding hydrogens is 234 g/mol. The number of carboxylic acid groups (broad SMARTS) is 1. The SMILES string of the molecule is C[C@@H]1CC(CC(=O)O)CCN1C(=O)OC(C)(C)C. The van der Waals surface area contributed by atoms with Crippen LogP contribution in [0.15, 0.2) is 0 Å². The fourth-order valence-electron chi connectivity index (χ4n) is 2.29. The lowest BCUT2D eigenvalue weighted by Crippen LogP contribution is -2.47. The van der Waals surface area contributed by atoms with Gasteiger partial charge in [-0.1, -0.05) is 0 Å². The van der Waals surface area contributed by atoms with Gasteiger partial charge < -0.3 is 14.7 Å². The Hall–Kier alpha value is -1.26. The first-order valence-corrected chi connectivity index (χ1v) is 6.40. The first kappa shape index (κ1) is 14.8. The van der Waals surface area contributed by atoms with Crippen molar-refractivity contribution in [2.24, 2.45) is 5.92 Å². The van der Waals surface area contributed by atoms with Crippen molar-refractivity contribution < 1.29 is 19.4 Å². The van der Waals surface area contributed by atoms with Gasteiger partial charge >= 0.3 is 12.1 Å². The van der Waals surface area contributed by atoms with E-state index in [4.69, 9.17) is 9.84 Å². The number of hydrogen-bond donors (Lipinski definition) is 1. The van der Waals surface area contributed by atoms with E-state index in [0.717, 1.165) is 12.8 Å². The van der Waals surface area contributed by atoms with Crippen molar-refractivity contribution >= 4 is 12.1 Å². The summed E-state index contributed by atoms with van der Waals surface area (Å²) in [5, 5.41) is 8.77. The van der Waals surface area contributed by atoms with E-state index >= 15 is 0 Å². The molecule has 1 rings (SSSR count). The molecule has 0 saturated carbocycles. The number of rotatable bonds is 2. The highest BCUT2D eigenvalue weighted by Gasteiger charge is 2.32. The zero-order chi connectivity index (χ0) is 13.9. The van der Waals surface area contributed by atoms with Crippen LogP contribution >= 0.6 is 0 Å². The number of likely N-dealkylation sites (tertiary alicyclic amines) is 1. The Bertz CT molecular complexity index is 321. The van der Waals surface area contributed by atoms with Crippen LogP contribution in [0.5, 0.6) is 0 Å². The second-order valence-electron chi connectivity index (χ2n) is 6.01. The molecule has 0 radical (unpaired) electrons. The normalized spacial score (nSPS) is 24.8. The van der Waals surface area contributed by atoms with Gasteiger partial charge in [-0.2, -0.15) is 0 Å². The highest BCUT2D eigenvalue weighted by atomic mass is 16.6. The molecule has 2 atom stereocenters. The highest BCUT2D eigenvalue weighted by Crippen LogP contribution is 2.26. The van der Waals surface area contributed by atoms with Crippen molar-refractivity contribution in [3.63, 3.8) is 0 Å². The van der Waals surface area contributed by atoms with Crippen LogP contribution in [-0.4, -0.2) is 40.3 Å². The van der Waals surface area contributed by atoms with E-state index in [1.165, 1.54) is 0 Å². The summed E-state index contributed by atoms with van der Waals surface area (Å²) in [5.41, 5.74) is -0.491. The van der Waals surface area contributed by atoms with E-state index in [9.17, 15) is 9.59 Å². The summed E-state index contributed by atoms with van der Waals surface area (Å²) in [6, 6.07) is 0.0398. The molecule has 0 aromatic rings. The zero-order valence-corrected chi connectivity index (χ0v) is 11.6. The second-order valence-corrected chi connectivity index (χ2v) is 6.01. The number of amides is 1. The summed E-state index contributed by atoms with van der Waals surface area (Å²) in [6.45, 7) is 8.04. The Labute approximate surface area is 108 Å². The third kappa shape index (κ3) is 4.55. The van der Waals surface area contributed by atoms with Crippen LogP contribution in [0.25, 0.3) is 0 Å². The summed E-state index contributed by atoms with van der Waals surface area (Å²) in [5.74, 6) is -0.603. The number of carbonyl (C=O) groups is 2. The molecule has 0 aromatic carbocycles. The summed E-state index contributed by atoms with van der Waals surface area (Å²) >= 11 is 0. The molecule has 1 aliphatic heterocycles. The average Bonchev–Trinajstić information content (AvgIpc) is 2.13. The van der Waals surface area contributed by atoms with Gasteiger partial charge in [0, 0.05) is 19.0 Å². The minimum absolute atomic E-state index is 0.0398. The maximum atomic E-state index is 11.9. The van der Waals surface area contributed by atoms with Gasteiger partial charge in [0.1, 0.15) is 5.60 Å². The number of aliphatic carboxylic acids is 1. The molecule has 1 fully saturated rings. The highest BCUT2D eigenvalue weighted by molar-refractivity contribution is 5.69. The first-order valence-electron chi connectivity index (χ1n) is 6.40. The van der Waals surface area contributed by atoms with Gasteiger partial charge in [-0.15, -0.1) is 0 Å². The maximum Gasteiger partial charge on any atom is 0.410 e. The second kappa shape index (κ2) is 5.59. The van der Waals surface area contributed by atoms with Crippen LogP contribution in [0.4, 0.5) is 4.79 Å². The van der Waals surface area contributed by atoms with Crippen molar-refractivity contribution in [2.75, 3.05) is 6.54 Å². The molecule has 0 bridgehead atoms. The van der Waals surface area contributed by atoms with Crippen LogP contribution < -0.4 is 0 Å². The van der Waals surface area contributed by atoms with Gasteiger partial charge in [0.2, 0.25) is 0 Å². The Morgan fingerprint density at radius 2 is 2.00 bits per heavy atom. The fraction of sp³-hybridized carbons (Fsp3) is 0.846. The fourth-order valence-corrected chi connectivity index (χ4v) is 2.29. The largest absolute Gasteiger partial charge is 0.481 e. The van der Waals surface area contributed by atoms with E-state index in [-0.39, 0.29) is 24.5 Å². The Balaban J connectivity index is 2.52. The van der Waals surface area contributed by atoms with Gasteiger partial charge in [0.25, 0.3) is 0 Å². The molecule has 0 aromatic heterocycles. The number of ether oxygens (including phenoxy) is 1. The predicted molar refractivity (Wildman–Crippen MR) is 67.4 cm³/mol. The molecule has 1 saturated heterocycles. The van der Waals surface area contributed by atoms with Crippen molar-refractivity contribution in [1.82, 2.24) is 4.90 Å². The monoisotopic (exact) mass is 257 g/mol. The molecule has 1 amide bonds. The minimum atomic E-state index is -0.766. The minimum Gasteiger partial charge on any atom is -0.481 e. The molecule has 5 heteroatoms. The van der Waals surface area contributed by atoms with E-state index in [1.54, 1.807) is 4.90 Å². The number of piperidine rings is 1. The molecule has 1 N–H and O–H groups in total. The quantitative estimate of drug-likeness (QED) is 0.825. The van der Waals surface area contributed by atoms with Crippen LogP contribution in [0.3, 0.4) is 0 Å². The third-order valence-electron chi connectivity index (χ3n) is 3.08. The van der Waals surface area contributed by atoms with Crippen molar-refractivity contribution in [3.05, 3.63) is 0 Å². The predicted octanol–water partition coefficient (Wildman–Crippen LogP) is 2.50. The smallest absolute Gasteiger partial charge is 0.410 e. The average molecular weight is 257 g/mol. The molecule has 5 nitrogen and oxygen atoms in total. The number of carbonyl (C=O) groups excluding carboxylic acids is 1. The van der Waals surface area contributed by atoms with Crippen LogP contribution in [0, 0.1) is 5.92 Å². The number of carboxylic acids is 1. The van der Waals surface area contributed by atoms with Crippen molar-refractivity contribution in [3.8, 4) is 0 Å². The molecule has 18 heavy (non-hydrogen) atoms. The molecular formula is C13H23NO4. The van der Waals surface area contributed by atoms with Crippen LogP contribution in [0.2, 0.25) is 0 Å². The van der Waals surface area contributed by atoms with E-state index in [2.05, 4.69) is 0 Å². The molecule has 104 valence electrons. The maximum absolute atomic E-state index is 11.9. The number of hydrogen-bond acceptors (Lipinski definition) is 3. The standard InChI is InChI=1S/C13H23NO4/c1-9-7-10(8-11(15)16)5-6-14(9)12(17)18-13(2,3)4/h9-10H,5-8H2,1-4H3,(H,15,16)/t9-,10?/m1/s1. The number of nitrogens with zero attached hydrogens (tertiary/aromatic N) is 1. The Morgan fingerprint density at radius 3 is 2.44 bits per heavy atom. The van der Waals surface area contributed by atoms with E-state index in [0.29, 0.717) is 6.54 Å². The Kier molecular flexibility index (Phi) is 4.59. The van der Waals surface area contributed by atoms with Crippen LogP contribution in [0.1, 0.15) is 47.0 Å². The lowest BCUT2D eigenvalue weighted by atomic mass is 9.89. The van der Waals surface area contributed by atoms with E-state index < -0.39 is 11.6 Å². The zero-order valence-electron chi connectivity index (χ0n) is 11.6. The van der Waals surface area contributed by atoms with Gasteiger partial charge in [-0.05, 0) is 46.5 Å². The third-order valence-corrected chi connectivity index (χ3v) is 3.08. The summed E-state index contributed by atoms with van der Waals surface area (Å²) < 4.78 is 5.33. The Morgan fingerprint density at radius 1 is 1.39 bits per heavy atom. The van der Waals surface area contributed by atoms with Gasteiger partial charge in [-0.3, -0.25) is 4.79 Å². The molecule has 1 aliphatic rings. The van der Waals surface area contributed by atoms with Crippen molar-refractivity contribution in [2.45, 2.75) is 58.6 Å². The van der Waals surface area contributed by atoms with Crippen LogP contribution in [-0.2, 0) is 9.53 Å². The molecule has 0 spiro atoms. The van der Waals surface area contributed by atoms with Gasteiger partial charge in [0.05, 0.1) is 0 Å². The lowest BCUT2D eigenvalue weighted by Gasteiger charge is -2.38. The van der Waals surface area contributed by atoms with Crippen molar-refractivity contribution in [1.29, 1.82) is 0 Å². The summed E-state index contributed by atoms with van der Waals surface area (Å²) in [4.78, 5) is 24.3. The topological polar surface area (TPSA) is 66.8 Å². The van der Waals surface area contributed by atoms with Gasteiger partial charge in [-0.25, -0.2) is 4.79 Å². The summed E-state index contributed by atoms with van der Waals surface area (Å²) in [6.07, 6.45) is 1.34. The first-order chi connectivity index (χ1) is 8.19. The lowest BCUT2D eigenvalue weighted by molar-refractivity contribution is -0.138. The molecule has 1 heterocycles. The summed E-state index contributed by atoms with van der Waals surface area (Å²) in [7, 11) is 0. The van der Waals surface area contributed by atoms with Gasteiger partial charge in [0.15, 0.2) is 0 Å². The molecule has 1 unspecified atom stereocenters.